The molecule has 21 heavy (non-hydrogen) atoms. The molecule has 1 aromatic carbocycles. The predicted molar refractivity (Wildman–Crippen MR) is 83.4 cm³/mol. The first kappa shape index (κ1) is 14.6. The van der Waals surface area contributed by atoms with Crippen molar-refractivity contribution in [2.24, 2.45) is 5.92 Å². The molecule has 114 valence electrons. The molecule has 2 aliphatic heterocycles. The number of carbonyl (C=O) groups excluding carboxylic acids is 1. The number of esters is 1. The van der Waals surface area contributed by atoms with E-state index in [-0.39, 0.29) is 5.97 Å². The van der Waals surface area contributed by atoms with Crippen molar-refractivity contribution in [1.29, 1.82) is 0 Å². The Morgan fingerprint density at radius 2 is 2.10 bits per heavy atom. The number of benzene rings is 1. The minimum Gasteiger partial charge on any atom is -0.462 e. The van der Waals surface area contributed by atoms with Gasteiger partial charge in [-0.25, -0.2) is 4.79 Å². The first-order chi connectivity index (χ1) is 10.2. The van der Waals surface area contributed by atoms with Crippen molar-refractivity contribution in [3.05, 3.63) is 35.4 Å². The van der Waals surface area contributed by atoms with Gasteiger partial charge in [0.1, 0.15) is 0 Å². The van der Waals surface area contributed by atoms with Gasteiger partial charge in [0, 0.05) is 12.0 Å². The molecule has 3 nitrogen and oxygen atoms in total. The van der Waals surface area contributed by atoms with Crippen LogP contribution in [0.1, 0.15) is 48.0 Å². The molecule has 3 rings (SSSR count). The van der Waals surface area contributed by atoms with Crippen molar-refractivity contribution in [1.82, 2.24) is 4.90 Å². The molecule has 0 bridgehead atoms. The zero-order valence-corrected chi connectivity index (χ0v) is 12.9. The maximum atomic E-state index is 12.2. The van der Waals surface area contributed by atoms with E-state index in [1.165, 1.54) is 45.2 Å². The molecule has 2 fully saturated rings. The summed E-state index contributed by atoms with van der Waals surface area (Å²) < 4.78 is 5.61. The van der Waals surface area contributed by atoms with Crippen molar-refractivity contribution >= 4 is 5.97 Å². The van der Waals surface area contributed by atoms with E-state index in [0.29, 0.717) is 24.1 Å². The zero-order chi connectivity index (χ0) is 14.7. The van der Waals surface area contributed by atoms with Gasteiger partial charge < -0.3 is 4.74 Å². The summed E-state index contributed by atoms with van der Waals surface area (Å²) in [5.74, 6) is 0.347. The van der Waals surface area contributed by atoms with Crippen LogP contribution in [-0.2, 0) is 4.74 Å². The van der Waals surface area contributed by atoms with Crippen LogP contribution < -0.4 is 0 Å². The number of hydrogen-bond donors (Lipinski definition) is 0. The fourth-order valence-electron chi connectivity index (χ4n) is 3.81. The van der Waals surface area contributed by atoms with Crippen LogP contribution in [-0.4, -0.2) is 36.6 Å². The second-order valence-electron chi connectivity index (χ2n) is 6.47. The van der Waals surface area contributed by atoms with Gasteiger partial charge in [-0.15, -0.1) is 0 Å². The van der Waals surface area contributed by atoms with Crippen molar-refractivity contribution in [3.63, 3.8) is 0 Å². The Morgan fingerprint density at radius 3 is 2.95 bits per heavy atom. The second kappa shape index (κ2) is 6.61. The normalized spacial score (nSPS) is 26.1. The number of hydrogen-bond acceptors (Lipinski definition) is 3. The minimum absolute atomic E-state index is 0.174. The van der Waals surface area contributed by atoms with Crippen molar-refractivity contribution in [2.75, 3.05) is 19.7 Å². The quantitative estimate of drug-likeness (QED) is 0.798. The average molecular weight is 287 g/mol. The van der Waals surface area contributed by atoms with Gasteiger partial charge in [0.25, 0.3) is 0 Å². The number of ether oxygens (including phenoxy) is 1. The fourth-order valence-corrected chi connectivity index (χ4v) is 3.81. The highest BCUT2D eigenvalue weighted by molar-refractivity contribution is 5.89. The summed E-state index contributed by atoms with van der Waals surface area (Å²) in [4.78, 5) is 14.8. The molecule has 2 atom stereocenters. The molecule has 2 aliphatic rings. The highest BCUT2D eigenvalue weighted by Gasteiger charge is 2.33. The Labute approximate surface area is 127 Å². The van der Waals surface area contributed by atoms with Gasteiger partial charge in [-0.2, -0.15) is 0 Å². The Morgan fingerprint density at radius 1 is 1.24 bits per heavy atom. The Kier molecular flexibility index (Phi) is 4.59. The van der Waals surface area contributed by atoms with Crippen LogP contribution in [0.5, 0.6) is 0 Å². The van der Waals surface area contributed by atoms with Crippen LogP contribution in [0.4, 0.5) is 0 Å². The number of nitrogens with zero attached hydrogens (tertiary/aromatic N) is 1. The van der Waals surface area contributed by atoms with Crippen LogP contribution in [0, 0.1) is 12.8 Å². The molecule has 0 spiro atoms. The molecule has 0 saturated carbocycles. The number of fused-ring (bicyclic) bond motifs is 1. The van der Waals surface area contributed by atoms with E-state index in [9.17, 15) is 4.79 Å². The smallest absolute Gasteiger partial charge is 0.338 e. The van der Waals surface area contributed by atoms with E-state index in [1.54, 1.807) is 0 Å². The molecule has 1 aromatic rings. The summed E-state index contributed by atoms with van der Waals surface area (Å²) in [7, 11) is 0. The predicted octanol–water partition coefficient (Wildman–Crippen LogP) is 3.42. The van der Waals surface area contributed by atoms with Crippen LogP contribution in [0.2, 0.25) is 0 Å². The van der Waals surface area contributed by atoms with E-state index >= 15 is 0 Å². The Hall–Kier alpha value is -1.35. The van der Waals surface area contributed by atoms with Crippen molar-refractivity contribution in [3.8, 4) is 0 Å². The third kappa shape index (κ3) is 3.46. The molecule has 0 aliphatic carbocycles. The Balaban J connectivity index is 1.57. The van der Waals surface area contributed by atoms with Gasteiger partial charge in [-0.3, -0.25) is 4.90 Å². The monoisotopic (exact) mass is 287 g/mol. The van der Waals surface area contributed by atoms with Crippen LogP contribution in [0.25, 0.3) is 0 Å². The van der Waals surface area contributed by atoms with Gasteiger partial charge in [-0.1, -0.05) is 24.1 Å². The first-order valence-corrected chi connectivity index (χ1v) is 8.22. The summed E-state index contributed by atoms with van der Waals surface area (Å²) in [5.41, 5.74) is 1.77. The van der Waals surface area contributed by atoms with Crippen LogP contribution >= 0.6 is 0 Å². The summed E-state index contributed by atoms with van der Waals surface area (Å²) in [6, 6.07) is 8.28. The molecule has 2 unspecified atom stereocenters. The van der Waals surface area contributed by atoms with E-state index in [4.69, 9.17) is 4.74 Å². The summed E-state index contributed by atoms with van der Waals surface area (Å²) >= 11 is 0. The van der Waals surface area contributed by atoms with Gasteiger partial charge in [0.2, 0.25) is 0 Å². The molecular formula is C18H25NO2. The van der Waals surface area contributed by atoms with Crippen molar-refractivity contribution < 1.29 is 9.53 Å². The van der Waals surface area contributed by atoms with Gasteiger partial charge in [0.05, 0.1) is 12.2 Å². The van der Waals surface area contributed by atoms with Gasteiger partial charge in [-0.05, 0) is 57.8 Å². The van der Waals surface area contributed by atoms with E-state index in [0.717, 1.165) is 5.56 Å². The van der Waals surface area contributed by atoms with E-state index < -0.39 is 0 Å². The van der Waals surface area contributed by atoms with Crippen molar-refractivity contribution in [2.45, 2.75) is 45.1 Å². The third-order valence-electron chi connectivity index (χ3n) is 4.91. The number of rotatable bonds is 3. The summed E-state index contributed by atoms with van der Waals surface area (Å²) in [6.45, 7) is 5.03. The van der Waals surface area contributed by atoms with Crippen LogP contribution in [0.15, 0.2) is 24.3 Å². The molecule has 2 saturated heterocycles. The molecule has 0 amide bonds. The molecule has 3 heteroatoms. The van der Waals surface area contributed by atoms with E-state index in [1.807, 2.05) is 31.2 Å². The van der Waals surface area contributed by atoms with E-state index in [2.05, 4.69) is 4.90 Å². The minimum atomic E-state index is -0.174. The highest BCUT2D eigenvalue weighted by atomic mass is 16.5. The van der Waals surface area contributed by atoms with Crippen LogP contribution in [0.3, 0.4) is 0 Å². The summed E-state index contributed by atoms with van der Waals surface area (Å²) in [5, 5.41) is 0. The number of piperidine rings is 2. The number of aryl methyl sites for hydroxylation is 1. The lowest BCUT2D eigenvalue weighted by atomic mass is 9.84. The molecule has 2 heterocycles. The first-order valence-electron chi connectivity index (χ1n) is 8.22. The molecular weight excluding hydrogens is 262 g/mol. The lowest BCUT2D eigenvalue weighted by Crippen LogP contribution is -2.49. The lowest BCUT2D eigenvalue weighted by molar-refractivity contribution is 0.00738. The number of carbonyl (C=O) groups is 1. The Bertz CT molecular complexity index is 498. The van der Waals surface area contributed by atoms with Gasteiger partial charge >= 0.3 is 5.97 Å². The topological polar surface area (TPSA) is 29.5 Å². The maximum absolute atomic E-state index is 12.2. The maximum Gasteiger partial charge on any atom is 0.338 e. The molecule has 0 N–H and O–H groups in total. The lowest BCUT2D eigenvalue weighted by Gasteiger charge is -2.44. The SMILES string of the molecule is Cc1cccc(C(=O)OCC2CCCN3CCCCC23)c1. The fraction of sp³-hybridized carbons (Fsp3) is 0.611. The third-order valence-corrected chi connectivity index (χ3v) is 4.91. The van der Waals surface area contributed by atoms with Gasteiger partial charge in [0.15, 0.2) is 0 Å². The standard InChI is InChI=1S/C18H25NO2/c1-14-6-4-7-15(12-14)18(20)21-13-16-8-5-11-19-10-3-2-9-17(16)19/h4,6-7,12,16-17H,2-3,5,8-11,13H2,1H3. The summed E-state index contributed by atoms with van der Waals surface area (Å²) in [6.07, 6.45) is 6.36. The molecule has 0 aromatic heterocycles. The average Bonchev–Trinajstić information content (AvgIpc) is 2.52. The highest BCUT2D eigenvalue weighted by Crippen LogP contribution is 2.31. The largest absolute Gasteiger partial charge is 0.462 e. The molecule has 0 radical (unpaired) electrons. The zero-order valence-electron chi connectivity index (χ0n) is 12.9. The second-order valence-corrected chi connectivity index (χ2v) is 6.47.